The van der Waals surface area contributed by atoms with Crippen LogP contribution in [0.3, 0.4) is 0 Å². The van der Waals surface area contributed by atoms with Crippen LogP contribution in [0.1, 0.15) is 37.9 Å². The lowest BCUT2D eigenvalue weighted by Gasteiger charge is -2.22. The molecular weight excluding hydrogens is 258 g/mol. The highest BCUT2D eigenvalue weighted by Gasteiger charge is 2.26. The number of ether oxygens (including phenoxy) is 2. The molecule has 1 atom stereocenters. The Bertz CT molecular complexity index is 474. The molecule has 0 aliphatic rings. The van der Waals surface area contributed by atoms with Crippen LogP contribution in [-0.4, -0.2) is 24.8 Å². The molecule has 0 unspecified atom stereocenters. The SMILES string of the molecule is COC(=O)[C@H](NC(=O)OC(C)(C)C)c1ccc(C)cc1. The minimum atomic E-state index is -0.879. The molecule has 0 radical (unpaired) electrons. The second-order valence-electron chi connectivity index (χ2n) is 5.51. The molecule has 20 heavy (non-hydrogen) atoms. The summed E-state index contributed by atoms with van der Waals surface area (Å²) in [6.45, 7) is 7.21. The number of amides is 1. The fourth-order valence-electron chi connectivity index (χ4n) is 1.58. The monoisotopic (exact) mass is 279 g/mol. The largest absolute Gasteiger partial charge is 0.467 e. The Morgan fingerprint density at radius 2 is 1.70 bits per heavy atom. The molecule has 0 heterocycles. The van der Waals surface area contributed by atoms with E-state index < -0.39 is 23.7 Å². The molecule has 0 bridgehead atoms. The van der Waals surface area contributed by atoms with Crippen LogP contribution in [0.15, 0.2) is 24.3 Å². The molecule has 110 valence electrons. The van der Waals surface area contributed by atoms with E-state index in [1.54, 1.807) is 32.9 Å². The van der Waals surface area contributed by atoms with Crippen molar-refractivity contribution in [3.05, 3.63) is 35.4 Å². The van der Waals surface area contributed by atoms with Gasteiger partial charge >= 0.3 is 12.1 Å². The first-order chi connectivity index (χ1) is 9.23. The maximum Gasteiger partial charge on any atom is 0.408 e. The molecule has 0 spiro atoms. The second-order valence-corrected chi connectivity index (χ2v) is 5.51. The van der Waals surface area contributed by atoms with E-state index in [0.717, 1.165) is 5.56 Å². The normalized spacial score (nSPS) is 12.4. The maximum absolute atomic E-state index is 11.8. The predicted molar refractivity (Wildman–Crippen MR) is 75.3 cm³/mol. The van der Waals surface area contributed by atoms with E-state index in [0.29, 0.717) is 5.56 Å². The molecular formula is C15H21NO4. The predicted octanol–water partition coefficient (Wildman–Crippen LogP) is 2.73. The number of aryl methyl sites for hydroxylation is 1. The maximum atomic E-state index is 11.8. The number of hydrogen-bond acceptors (Lipinski definition) is 4. The fraction of sp³-hybridized carbons (Fsp3) is 0.467. The number of nitrogens with one attached hydrogen (secondary N) is 1. The van der Waals surface area contributed by atoms with Gasteiger partial charge in [0.05, 0.1) is 7.11 Å². The number of methoxy groups -OCH3 is 1. The summed E-state index contributed by atoms with van der Waals surface area (Å²) in [5.41, 5.74) is 1.08. The quantitative estimate of drug-likeness (QED) is 0.864. The van der Waals surface area contributed by atoms with Gasteiger partial charge in [-0.25, -0.2) is 9.59 Å². The van der Waals surface area contributed by atoms with Crippen molar-refractivity contribution in [1.82, 2.24) is 5.32 Å². The van der Waals surface area contributed by atoms with Crippen LogP contribution in [0, 0.1) is 6.92 Å². The highest BCUT2D eigenvalue weighted by atomic mass is 16.6. The standard InChI is InChI=1S/C15H21NO4/c1-10-6-8-11(9-7-10)12(13(17)19-5)16-14(18)20-15(2,3)4/h6-9,12H,1-5H3,(H,16,18)/t12-/m1/s1. The molecule has 0 aliphatic carbocycles. The van der Waals surface area contributed by atoms with Crippen LogP contribution in [0.5, 0.6) is 0 Å². The number of benzene rings is 1. The Morgan fingerprint density at radius 3 is 2.15 bits per heavy atom. The number of hydrogen-bond donors (Lipinski definition) is 1. The molecule has 5 nitrogen and oxygen atoms in total. The van der Waals surface area contributed by atoms with Crippen LogP contribution in [0.25, 0.3) is 0 Å². The molecule has 1 aromatic carbocycles. The molecule has 1 N–H and O–H groups in total. The van der Waals surface area contributed by atoms with Gasteiger partial charge in [-0.3, -0.25) is 0 Å². The number of rotatable bonds is 3. The van der Waals surface area contributed by atoms with Gasteiger partial charge in [-0.15, -0.1) is 0 Å². The van der Waals surface area contributed by atoms with Crippen molar-refractivity contribution in [2.75, 3.05) is 7.11 Å². The van der Waals surface area contributed by atoms with Crippen LogP contribution in [0.4, 0.5) is 4.79 Å². The van der Waals surface area contributed by atoms with Crippen molar-refractivity contribution in [2.45, 2.75) is 39.3 Å². The minimum Gasteiger partial charge on any atom is -0.467 e. The zero-order chi connectivity index (χ0) is 15.3. The number of carbonyl (C=O) groups is 2. The topological polar surface area (TPSA) is 64.6 Å². The van der Waals surface area contributed by atoms with E-state index in [1.807, 2.05) is 19.1 Å². The lowest BCUT2D eigenvalue weighted by atomic mass is 10.1. The minimum absolute atomic E-state index is 0.542. The van der Waals surface area contributed by atoms with Gasteiger partial charge in [-0.1, -0.05) is 29.8 Å². The van der Waals surface area contributed by atoms with Crippen LogP contribution >= 0.6 is 0 Å². The van der Waals surface area contributed by atoms with Crippen LogP contribution in [0.2, 0.25) is 0 Å². The van der Waals surface area contributed by atoms with E-state index >= 15 is 0 Å². The summed E-state index contributed by atoms with van der Waals surface area (Å²) >= 11 is 0. The molecule has 0 saturated carbocycles. The highest BCUT2D eigenvalue weighted by Crippen LogP contribution is 2.17. The lowest BCUT2D eigenvalue weighted by molar-refractivity contribution is -0.143. The highest BCUT2D eigenvalue weighted by molar-refractivity contribution is 5.82. The third-order valence-corrected chi connectivity index (χ3v) is 2.51. The van der Waals surface area contributed by atoms with Gasteiger partial charge < -0.3 is 14.8 Å². The molecule has 1 rings (SSSR count). The summed E-state index contributed by atoms with van der Waals surface area (Å²) in [6.07, 6.45) is -0.659. The first kappa shape index (κ1) is 16.0. The zero-order valence-corrected chi connectivity index (χ0v) is 12.5. The smallest absolute Gasteiger partial charge is 0.408 e. The van der Waals surface area contributed by atoms with Crippen molar-refractivity contribution >= 4 is 12.1 Å². The number of alkyl carbamates (subject to hydrolysis) is 1. The Morgan fingerprint density at radius 1 is 1.15 bits per heavy atom. The van der Waals surface area contributed by atoms with Crippen LogP contribution in [-0.2, 0) is 14.3 Å². The molecule has 1 amide bonds. The summed E-state index contributed by atoms with van der Waals surface area (Å²) in [4.78, 5) is 23.6. The van der Waals surface area contributed by atoms with Gasteiger partial charge in [-0.05, 0) is 33.3 Å². The Labute approximate surface area is 119 Å². The molecule has 0 aliphatic heterocycles. The van der Waals surface area contributed by atoms with E-state index in [4.69, 9.17) is 9.47 Å². The Kier molecular flexibility index (Phi) is 5.13. The summed E-state index contributed by atoms with van der Waals surface area (Å²) in [7, 11) is 1.28. The van der Waals surface area contributed by atoms with Crippen LogP contribution < -0.4 is 5.32 Å². The average molecular weight is 279 g/mol. The van der Waals surface area contributed by atoms with E-state index in [-0.39, 0.29) is 0 Å². The molecule has 5 heteroatoms. The Hall–Kier alpha value is -2.04. The van der Waals surface area contributed by atoms with Gasteiger partial charge in [0.2, 0.25) is 0 Å². The van der Waals surface area contributed by atoms with Gasteiger partial charge in [0.15, 0.2) is 6.04 Å². The summed E-state index contributed by atoms with van der Waals surface area (Å²) in [5, 5.41) is 2.52. The molecule has 0 fully saturated rings. The van der Waals surface area contributed by atoms with Gasteiger partial charge in [0, 0.05) is 0 Å². The molecule has 0 aromatic heterocycles. The second kappa shape index (κ2) is 6.41. The number of esters is 1. The van der Waals surface area contributed by atoms with Crippen molar-refractivity contribution in [3.63, 3.8) is 0 Å². The summed E-state index contributed by atoms with van der Waals surface area (Å²) in [5.74, 6) is -0.542. The summed E-state index contributed by atoms with van der Waals surface area (Å²) in [6, 6.07) is 6.39. The number of carbonyl (C=O) groups excluding carboxylic acids is 2. The lowest BCUT2D eigenvalue weighted by Crippen LogP contribution is -2.38. The van der Waals surface area contributed by atoms with Gasteiger partial charge in [-0.2, -0.15) is 0 Å². The van der Waals surface area contributed by atoms with Gasteiger partial charge in [0.1, 0.15) is 5.60 Å². The first-order valence-corrected chi connectivity index (χ1v) is 6.37. The Balaban J connectivity index is 2.88. The first-order valence-electron chi connectivity index (χ1n) is 6.37. The molecule has 0 saturated heterocycles. The van der Waals surface area contributed by atoms with Crippen molar-refractivity contribution < 1.29 is 19.1 Å². The average Bonchev–Trinajstić information content (AvgIpc) is 2.34. The van der Waals surface area contributed by atoms with E-state index in [2.05, 4.69) is 5.32 Å². The van der Waals surface area contributed by atoms with Crippen molar-refractivity contribution in [2.24, 2.45) is 0 Å². The van der Waals surface area contributed by atoms with Crippen molar-refractivity contribution in [3.8, 4) is 0 Å². The third kappa shape index (κ3) is 4.91. The zero-order valence-electron chi connectivity index (χ0n) is 12.5. The van der Waals surface area contributed by atoms with Gasteiger partial charge in [0.25, 0.3) is 0 Å². The fourth-order valence-corrected chi connectivity index (χ4v) is 1.58. The van der Waals surface area contributed by atoms with E-state index in [1.165, 1.54) is 7.11 Å². The van der Waals surface area contributed by atoms with Crippen molar-refractivity contribution in [1.29, 1.82) is 0 Å². The van der Waals surface area contributed by atoms with E-state index in [9.17, 15) is 9.59 Å². The summed E-state index contributed by atoms with van der Waals surface area (Å²) < 4.78 is 9.87. The third-order valence-electron chi connectivity index (χ3n) is 2.51. The molecule has 1 aromatic rings.